The van der Waals surface area contributed by atoms with Crippen LogP contribution in [0.1, 0.15) is 0 Å². The van der Waals surface area contributed by atoms with E-state index in [9.17, 15) is 0 Å². The molecule has 0 bridgehead atoms. The maximum atomic E-state index is 6.66. The van der Waals surface area contributed by atoms with Crippen LogP contribution in [0.15, 0.2) is 180 Å². The van der Waals surface area contributed by atoms with E-state index in [2.05, 4.69) is 115 Å². The van der Waals surface area contributed by atoms with Gasteiger partial charge in [0.25, 0.3) is 0 Å². The summed E-state index contributed by atoms with van der Waals surface area (Å²) in [5.41, 5.74) is 9.30. The second-order valence-corrected chi connectivity index (χ2v) is 16.4. The van der Waals surface area contributed by atoms with Crippen LogP contribution in [-0.2, 0) is 0 Å². The van der Waals surface area contributed by atoms with E-state index in [-0.39, 0.29) is 0 Å². The fraction of sp³-hybridized carbons (Fsp3) is 0. The van der Waals surface area contributed by atoms with Crippen molar-refractivity contribution < 1.29 is 4.42 Å². The highest BCUT2D eigenvalue weighted by Gasteiger charge is 2.20. The van der Waals surface area contributed by atoms with Crippen molar-refractivity contribution >= 4 is 85.0 Å². The average molecular weight is 764 g/mol. The maximum Gasteiger partial charge on any atom is 0.164 e. The highest BCUT2D eigenvalue weighted by atomic mass is 32.1. The van der Waals surface area contributed by atoms with Gasteiger partial charge in [-0.25, -0.2) is 15.0 Å². The molecule has 4 heterocycles. The number of aromatic nitrogens is 3. The number of rotatable bonds is 5. The first-order valence-electron chi connectivity index (χ1n) is 18.9. The van der Waals surface area contributed by atoms with Crippen LogP contribution in [0.25, 0.3) is 119 Å². The highest BCUT2D eigenvalue weighted by Crippen LogP contribution is 2.48. The molecule has 57 heavy (non-hydrogen) atoms. The van der Waals surface area contributed by atoms with Crippen molar-refractivity contribution in [3.63, 3.8) is 0 Å². The Balaban J connectivity index is 1.02. The van der Waals surface area contributed by atoms with Crippen LogP contribution in [0.4, 0.5) is 0 Å². The Morgan fingerprint density at radius 2 is 0.860 bits per heavy atom. The van der Waals surface area contributed by atoms with E-state index in [0.29, 0.717) is 17.5 Å². The van der Waals surface area contributed by atoms with Gasteiger partial charge in [-0.05, 0) is 41.5 Å². The van der Waals surface area contributed by atoms with E-state index in [1.54, 1.807) is 0 Å². The molecule has 0 spiro atoms. The minimum Gasteiger partial charge on any atom is -0.456 e. The van der Waals surface area contributed by atoms with E-state index in [1.807, 2.05) is 83.3 Å². The van der Waals surface area contributed by atoms with Gasteiger partial charge in [0.1, 0.15) is 11.2 Å². The molecule has 0 unspecified atom stereocenters. The predicted molar refractivity (Wildman–Crippen MR) is 240 cm³/mol. The molecule has 0 saturated carbocycles. The standard InChI is InChI=1S/C51H29N3OS2/c1-3-13-30(14-4-1)49-52-50(31-15-5-2-6-16-31)54-51(53-49)32-27-28-39-42(29-32)55-41-24-11-18-33(45(39)41)35-20-9-22-37-38-23-10-21-36(48(38)57-47(35)37)34-19-12-26-44-46(34)40-17-7-8-25-43(40)56-44/h1-29H. The highest BCUT2D eigenvalue weighted by molar-refractivity contribution is 7.27. The normalized spacial score (nSPS) is 11.9. The van der Waals surface area contributed by atoms with Crippen molar-refractivity contribution in [3.05, 3.63) is 176 Å². The molecule has 0 fully saturated rings. The molecule has 4 nitrogen and oxygen atoms in total. The van der Waals surface area contributed by atoms with E-state index in [1.165, 1.54) is 57.0 Å². The number of benzene rings is 8. The van der Waals surface area contributed by atoms with Gasteiger partial charge in [-0.3, -0.25) is 0 Å². The molecule has 8 aromatic carbocycles. The SMILES string of the molecule is c1ccc(-c2nc(-c3ccccc3)nc(-c3ccc4c(c3)oc3cccc(-c5cccc6c5sc5c(-c7cccc8sc9ccccc9c78)cccc56)c34)n2)cc1. The molecular weight excluding hydrogens is 735 g/mol. The molecule has 0 aliphatic heterocycles. The molecule has 6 heteroatoms. The van der Waals surface area contributed by atoms with Gasteiger partial charge in [0.2, 0.25) is 0 Å². The number of hydrogen-bond acceptors (Lipinski definition) is 6. The zero-order valence-corrected chi connectivity index (χ0v) is 31.9. The molecule has 266 valence electrons. The van der Waals surface area contributed by atoms with E-state index in [4.69, 9.17) is 19.4 Å². The third-order valence-corrected chi connectivity index (χ3v) is 13.4. The molecule has 12 aromatic rings. The van der Waals surface area contributed by atoms with Crippen molar-refractivity contribution in [3.8, 4) is 56.4 Å². The van der Waals surface area contributed by atoms with Crippen molar-refractivity contribution in [2.45, 2.75) is 0 Å². The zero-order chi connectivity index (χ0) is 37.5. The van der Waals surface area contributed by atoms with Gasteiger partial charge in [0, 0.05) is 78.9 Å². The first kappa shape index (κ1) is 32.3. The Bertz CT molecular complexity index is 3470. The second-order valence-electron chi connectivity index (χ2n) is 14.3. The van der Waals surface area contributed by atoms with Crippen molar-refractivity contribution in [1.29, 1.82) is 0 Å². The lowest BCUT2D eigenvalue weighted by molar-refractivity contribution is 0.669. The summed E-state index contributed by atoms with van der Waals surface area (Å²) in [4.78, 5) is 14.8. The molecule has 0 aliphatic carbocycles. The van der Waals surface area contributed by atoms with Crippen LogP contribution in [0.5, 0.6) is 0 Å². The summed E-state index contributed by atoms with van der Waals surface area (Å²) in [6, 6.07) is 61.9. The van der Waals surface area contributed by atoms with E-state index >= 15 is 0 Å². The van der Waals surface area contributed by atoms with Crippen LogP contribution < -0.4 is 0 Å². The van der Waals surface area contributed by atoms with Gasteiger partial charge in [-0.15, -0.1) is 22.7 Å². The van der Waals surface area contributed by atoms with Crippen molar-refractivity contribution in [2.24, 2.45) is 0 Å². The molecular formula is C51H29N3OS2. The van der Waals surface area contributed by atoms with Crippen LogP contribution in [0.3, 0.4) is 0 Å². The van der Waals surface area contributed by atoms with Gasteiger partial charge in [-0.1, -0.05) is 146 Å². The molecule has 0 amide bonds. The zero-order valence-electron chi connectivity index (χ0n) is 30.3. The summed E-state index contributed by atoms with van der Waals surface area (Å²) in [6.07, 6.45) is 0. The van der Waals surface area contributed by atoms with Gasteiger partial charge in [-0.2, -0.15) is 0 Å². The Morgan fingerprint density at radius 3 is 1.54 bits per heavy atom. The minimum absolute atomic E-state index is 0.599. The number of thiophene rings is 2. The third-order valence-electron chi connectivity index (χ3n) is 11.0. The van der Waals surface area contributed by atoms with Gasteiger partial charge in [0.15, 0.2) is 17.5 Å². The van der Waals surface area contributed by atoms with E-state index < -0.39 is 0 Å². The molecule has 0 saturated heterocycles. The minimum atomic E-state index is 0.599. The van der Waals surface area contributed by atoms with Gasteiger partial charge >= 0.3 is 0 Å². The first-order chi connectivity index (χ1) is 28.2. The first-order valence-corrected chi connectivity index (χ1v) is 20.6. The summed E-state index contributed by atoms with van der Waals surface area (Å²) in [6.45, 7) is 0. The number of nitrogens with zero attached hydrogens (tertiary/aromatic N) is 3. The predicted octanol–water partition coefficient (Wildman–Crippen LogP) is 14.8. The Kier molecular flexibility index (Phi) is 7.24. The smallest absolute Gasteiger partial charge is 0.164 e. The summed E-state index contributed by atoms with van der Waals surface area (Å²) >= 11 is 3.75. The largest absolute Gasteiger partial charge is 0.456 e. The summed E-state index contributed by atoms with van der Waals surface area (Å²) in [7, 11) is 0. The lowest BCUT2D eigenvalue weighted by Gasteiger charge is -2.08. The third kappa shape index (κ3) is 5.15. The molecule has 12 rings (SSSR count). The van der Waals surface area contributed by atoms with Gasteiger partial charge < -0.3 is 4.42 Å². The maximum absolute atomic E-state index is 6.66. The van der Waals surface area contributed by atoms with Crippen LogP contribution in [0, 0.1) is 0 Å². The number of fused-ring (bicyclic) bond motifs is 9. The van der Waals surface area contributed by atoms with E-state index in [0.717, 1.165) is 44.2 Å². The number of furan rings is 1. The fourth-order valence-electron chi connectivity index (χ4n) is 8.37. The van der Waals surface area contributed by atoms with Crippen molar-refractivity contribution in [2.75, 3.05) is 0 Å². The Hall–Kier alpha value is -6.99. The average Bonchev–Trinajstić information content (AvgIpc) is 3.98. The Morgan fingerprint density at radius 1 is 0.333 bits per heavy atom. The van der Waals surface area contributed by atoms with Crippen LogP contribution >= 0.6 is 22.7 Å². The molecule has 0 radical (unpaired) electrons. The summed E-state index contributed by atoms with van der Waals surface area (Å²) in [5.74, 6) is 1.86. The summed E-state index contributed by atoms with van der Waals surface area (Å²) in [5, 5.41) is 7.35. The second kappa shape index (κ2) is 12.8. The Labute approximate surface area is 335 Å². The lowest BCUT2D eigenvalue weighted by atomic mass is 9.96. The van der Waals surface area contributed by atoms with Gasteiger partial charge in [0.05, 0.1) is 0 Å². The lowest BCUT2D eigenvalue weighted by Crippen LogP contribution is -2.00. The molecule has 4 aromatic heterocycles. The molecule has 0 atom stereocenters. The molecule has 0 aliphatic rings. The monoisotopic (exact) mass is 763 g/mol. The van der Waals surface area contributed by atoms with Crippen molar-refractivity contribution in [1.82, 2.24) is 15.0 Å². The van der Waals surface area contributed by atoms with Crippen LogP contribution in [-0.4, -0.2) is 15.0 Å². The fourth-order valence-corrected chi connectivity index (χ4v) is 10.9. The topological polar surface area (TPSA) is 51.8 Å². The molecule has 0 N–H and O–H groups in total. The van der Waals surface area contributed by atoms with Crippen LogP contribution in [0.2, 0.25) is 0 Å². The quantitative estimate of drug-likeness (QED) is 0.175. The summed E-state index contributed by atoms with van der Waals surface area (Å²) < 4.78 is 11.9. The number of hydrogen-bond donors (Lipinski definition) is 0.